The fourth-order valence-corrected chi connectivity index (χ4v) is 2.60. The number of hydrogen-bond donors (Lipinski definition) is 0. The second kappa shape index (κ2) is 4.94. The van der Waals surface area contributed by atoms with Gasteiger partial charge in [0.1, 0.15) is 0 Å². The average molecular weight is 331 g/mol. The van der Waals surface area contributed by atoms with Crippen LogP contribution in [-0.4, -0.2) is 14.8 Å². The molecule has 0 atom stereocenters. The number of aryl methyl sites for hydroxylation is 1. The van der Waals surface area contributed by atoms with Crippen LogP contribution in [0.4, 0.5) is 0 Å². The van der Waals surface area contributed by atoms with Crippen LogP contribution in [0.25, 0.3) is 0 Å². The minimum Gasteiger partial charge on any atom is -0.344 e. The molecule has 0 bridgehead atoms. The molecule has 0 aliphatic heterocycles. The van der Waals surface area contributed by atoms with Crippen molar-refractivity contribution in [2.24, 2.45) is 0 Å². The van der Waals surface area contributed by atoms with E-state index in [0.29, 0.717) is 0 Å². The van der Waals surface area contributed by atoms with Crippen molar-refractivity contribution in [3.63, 3.8) is 0 Å². The summed E-state index contributed by atoms with van der Waals surface area (Å²) < 4.78 is 3.02. The number of carbonyl (C=O) groups is 1. The number of thiophene rings is 1. The smallest absolute Gasteiger partial charge is 0.210 e. The number of halogens is 1. The van der Waals surface area contributed by atoms with Gasteiger partial charge in [-0.3, -0.25) is 4.79 Å². The van der Waals surface area contributed by atoms with Crippen LogP contribution in [0.15, 0.2) is 35.2 Å². The van der Waals surface area contributed by atoms with Gasteiger partial charge in [-0.1, -0.05) is 22.6 Å². The molecule has 2 aromatic rings. The van der Waals surface area contributed by atoms with Crippen LogP contribution in [0.5, 0.6) is 0 Å². The van der Waals surface area contributed by atoms with Crippen LogP contribution in [-0.2, 0) is 6.54 Å². The van der Waals surface area contributed by atoms with Gasteiger partial charge in [0.05, 0.1) is 5.69 Å². The molecule has 0 fully saturated rings. The highest BCUT2D eigenvalue weighted by Gasteiger charge is 2.12. The van der Waals surface area contributed by atoms with Gasteiger partial charge in [0.2, 0.25) is 5.78 Å². The molecule has 2 heterocycles. The lowest BCUT2D eigenvalue weighted by Gasteiger charge is -2.04. The largest absolute Gasteiger partial charge is 0.344 e. The third kappa shape index (κ3) is 2.31. The predicted molar refractivity (Wildman–Crippen MR) is 71.1 cm³/mol. The molecule has 0 saturated heterocycles. The molecule has 4 heteroatoms. The maximum Gasteiger partial charge on any atom is 0.210 e. The van der Waals surface area contributed by atoms with Crippen molar-refractivity contribution in [2.45, 2.75) is 6.54 Å². The molecule has 15 heavy (non-hydrogen) atoms. The molecular formula is C11H10INOS. The number of hydrogen-bond acceptors (Lipinski definition) is 2. The van der Waals surface area contributed by atoms with Crippen LogP contribution in [0, 0.1) is 0 Å². The van der Waals surface area contributed by atoms with Gasteiger partial charge in [0, 0.05) is 28.1 Å². The molecule has 78 valence electrons. The molecule has 0 amide bonds. The number of aromatic nitrogens is 1. The van der Waals surface area contributed by atoms with Gasteiger partial charge in [0.25, 0.3) is 0 Å². The monoisotopic (exact) mass is 331 g/mol. The lowest BCUT2D eigenvalue weighted by atomic mass is 10.2. The molecule has 0 radical (unpaired) electrons. The van der Waals surface area contributed by atoms with Gasteiger partial charge >= 0.3 is 0 Å². The zero-order valence-corrected chi connectivity index (χ0v) is 11.0. The van der Waals surface area contributed by atoms with Gasteiger partial charge in [-0.25, -0.2) is 0 Å². The van der Waals surface area contributed by atoms with Gasteiger partial charge in [-0.05, 0) is 23.6 Å². The fourth-order valence-electron chi connectivity index (χ4n) is 1.45. The number of nitrogens with zero attached hydrogens (tertiary/aromatic N) is 1. The van der Waals surface area contributed by atoms with Crippen LogP contribution >= 0.6 is 33.9 Å². The summed E-state index contributed by atoms with van der Waals surface area (Å²) in [4.78, 5) is 12.0. The Hall–Kier alpha value is -0.620. The Morgan fingerprint density at radius 1 is 1.47 bits per heavy atom. The molecule has 0 N–H and O–H groups in total. The first kappa shape index (κ1) is 10.9. The predicted octanol–water partition coefficient (Wildman–Crippen LogP) is 3.22. The molecule has 2 aromatic heterocycles. The summed E-state index contributed by atoms with van der Waals surface area (Å²) in [5.74, 6) is 0.117. The molecule has 0 aliphatic rings. The summed E-state index contributed by atoms with van der Waals surface area (Å²) >= 11 is 3.86. The van der Waals surface area contributed by atoms with E-state index in [4.69, 9.17) is 0 Å². The van der Waals surface area contributed by atoms with Crippen molar-refractivity contribution in [1.29, 1.82) is 0 Å². The molecule has 0 unspecified atom stereocenters. The maximum absolute atomic E-state index is 12.0. The summed E-state index contributed by atoms with van der Waals surface area (Å²) in [5.41, 5.74) is 1.57. The van der Waals surface area contributed by atoms with Crippen LogP contribution in [0.3, 0.4) is 0 Å². The molecular weight excluding hydrogens is 321 g/mol. The van der Waals surface area contributed by atoms with E-state index >= 15 is 0 Å². The number of ketones is 1. The van der Waals surface area contributed by atoms with E-state index in [-0.39, 0.29) is 5.78 Å². The lowest BCUT2D eigenvalue weighted by molar-refractivity contribution is 0.103. The van der Waals surface area contributed by atoms with Crippen molar-refractivity contribution in [3.8, 4) is 0 Å². The molecule has 2 nitrogen and oxygen atoms in total. The highest BCUT2D eigenvalue weighted by atomic mass is 127. The topological polar surface area (TPSA) is 22.0 Å². The highest BCUT2D eigenvalue weighted by molar-refractivity contribution is 14.1. The maximum atomic E-state index is 12.0. The summed E-state index contributed by atoms with van der Waals surface area (Å²) in [6, 6.07) is 5.67. The Labute approximate surface area is 106 Å². The lowest BCUT2D eigenvalue weighted by Crippen LogP contribution is -2.09. The standard InChI is InChI=1S/C11H10INOS/c12-4-6-13-5-1-2-10(13)11(14)9-3-7-15-8-9/h1-3,5,7-8H,4,6H2. The summed E-state index contributed by atoms with van der Waals surface area (Å²) in [6.07, 6.45) is 1.96. The second-order valence-electron chi connectivity index (χ2n) is 3.12. The highest BCUT2D eigenvalue weighted by Crippen LogP contribution is 2.14. The molecule has 0 saturated carbocycles. The number of alkyl halides is 1. The van der Waals surface area contributed by atoms with Crippen LogP contribution in [0.1, 0.15) is 16.1 Å². The molecule has 0 aliphatic carbocycles. The third-order valence-electron chi connectivity index (χ3n) is 2.17. The van der Waals surface area contributed by atoms with E-state index in [1.54, 1.807) is 11.3 Å². The number of rotatable bonds is 4. The minimum absolute atomic E-state index is 0.117. The Balaban J connectivity index is 2.29. The first-order chi connectivity index (χ1) is 7.33. The third-order valence-corrected chi connectivity index (χ3v) is 3.34. The van der Waals surface area contributed by atoms with E-state index in [2.05, 4.69) is 22.6 Å². The van der Waals surface area contributed by atoms with Crippen molar-refractivity contribution < 1.29 is 4.79 Å². The zero-order chi connectivity index (χ0) is 10.7. The molecule has 0 aromatic carbocycles. The Kier molecular flexibility index (Phi) is 3.58. The van der Waals surface area contributed by atoms with Gasteiger partial charge in [-0.15, -0.1) is 0 Å². The number of carbonyl (C=O) groups excluding carboxylic acids is 1. The van der Waals surface area contributed by atoms with Crippen LogP contribution in [0.2, 0.25) is 0 Å². The van der Waals surface area contributed by atoms with E-state index in [1.165, 1.54) is 0 Å². The summed E-state index contributed by atoms with van der Waals surface area (Å²) in [7, 11) is 0. The van der Waals surface area contributed by atoms with E-state index in [9.17, 15) is 4.79 Å². The van der Waals surface area contributed by atoms with Gasteiger partial charge in [-0.2, -0.15) is 11.3 Å². The first-order valence-corrected chi connectivity index (χ1v) is 7.08. The Bertz CT molecular complexity index is 447. The van der Waals surface area contributed by atoms with Crippen LogP contribution < -0.4 is 0 Å². The van der Waals surface area contributed by atoms with E-state index < -0.39 is 0 Å². The zero-order valence-electron chi connectivity index (χ0n) is 8.02. The van der Waals surface area contributed by atoms with Crippen molar-refractivity contribution in [2.75, 3.05) is 4.43 Å². The summed E-state index contributed by atoms with van der Waals surface area (Å²) in [6.45, 7) is 0.888. The quantitative estimate of drug-likeness (QED) is 0.479. The Morgan fingerprint density at radius 2 is 2.33 bits per heavy atom. The fraction of sp³-hybridized carbons (Fsp3) is 0.182. The minimum atomic E-state index is 0.117. The van der Waals surface area contributed by atoms with Crippen molar-refractivity contribution in [1.82, 2.24) is 4.57 Å². The van der Waals surface area contributed by atoms with Gasteiger partial charge < -0.3 is 4.57 Å². The second-order valence-corrected chi connectivity index (χ2v) is 4.98. The van der Waals surface area contributed by atoms with E-state index in [1.807, 2.05) is 39.7 Å². The molecule has 2 rings (SSSR count). The molecule has 0 spiro atoms. The average Bonchev–Trinajstić information content (AvgIpc) is 2.87. The SMILES string of the molecule is O=C(c1ccsc1)c1cccn1CCI. The Morgan fingerprint density at radius 3 is 3.00 bits per heavy atom. The summed E-state index contributed by atoms with van der Waals surface area (Å²) in [5, 5.41) is 3.82. The first-order valence-electron chi connectivity index (χ1n) is 4.61. The van der Waals surface area contributed by atoms with Gasteiger partial charge in [0.15, 0.2) is 0 Å². The normalized spacial score (nSPS) is 10.5. The van der Waals surface area contributed by atoms with Crippen molar-refractivity contribution >= 4 is 39.7 Å². The van der Waals surface area contributed by atoms with Crippen molar-refractivity contribution in [3.05, 3.63) is 46.4 Å². The van der Waals surface area contributed by atoms with E-state index in [0.717, 1.165) is 22.2 Å².